The first-order chi connectivity index (χ1) is 6.66. The average Bonchev–Trinajstić information content (AvgIpc) is 2.18. The van der Waals surface area contributed by atoms with E-state index in [-0.39, 0.29) is 4.90 Å². The third kappa shape index (κ3) is 2.61. The molecule has 0 fully saturated rings. The minimum Gasteiger partial charge on any atom is -0.209 e. The second-order valence-corrected chi connectivity index (χ2v) is 2.80. The van der Waals surface area contributed by atoms with E-state index >= 15 is 0 Å². The molecule has 0 atom stereocenters. The van der Waals surface area contributed by atoms with E-state index in [9.17, 15) is 13.2 Å². The van der Waals surface area contributed by atoms with Crippen molar-refractivity contribution in [3.05, 3.63) is 29.6 Å². The molecule has 0 amide bonds. The molecular formula is C7H5F3O3S. The monoisotopic (exact) mass is 226 g/mol. The Morgan fingerprint density at radius 3 is 2.50 bits per heavy atom. The van der Waals surface area contributed by atoms with Gasteiger partial charge >= 0.3 is 0 Å². The standard InChI is InChI=1S/C7H5F3O3S/c1-11-12-13-14-5-3-2-4(8)6(9)7(5)10/h2-3H,1H3. The summed E-state index contributed by atoms with van der Waals surface area (Å²) < 4.78 is 42.1. The summed E-state index contributed by atoms with van der Waals surface area (Å²) in [6, 6.07) is 1.79. The fourth-order valence-electron chi connectivity index (χ4n) is 0.651. The molecule has 0 heterocycles. The minimum absolute atomic E-state index is 0.249. The van der Waals surface area contributed by atoms with Crippen molar-refractivity contribution in [2.75, 3.05) is 7.11 Å². The van der Waals surface area contributed by atoms with Crippen molar-refractivity contribution in [3.63, 3.8) is 0 Å². The van der Waals surface area contributed by atoms with Crippen molar-refractivity contribution in [2.24, 2.45) is 0 Å². The average molecular weight is 226 g/mol. The molecule has 0 spiro atoms. The molecule has 0 aliphatic rings. The molecule has 0 saturated carbocycles. The summed E-state index contributed by atoms with van der Waals surface area (Å²) >= 11 is 0.366. The molecule has 7 heteroatoms. The summed E-state index contributed by atoms with van der Waals surface area (Å²) in [5.41, 5.74) is 0. The first-order valence-corrected chi connectivity index (χ1v) is 4.08. The van der Waals surface area contributed by atoms with Crippen LogP contribution in [-0.4, -0.2) is 7.11 Å². The first-order valence-electron chi connectivity index (χ1n) is 3.34. The van der Waals surface area contributed by atoms with E-state index in [0.29, 0.717) is 12.0 Å². The Morgan fingerprint density at radius 1 is 1.14 bits per heavy atom. The number of benzene rings is 1. The van der Waals surface area contributed by atoms with Gasteiger partial charge in [-0.3, -0.25) is 0 Å². The van der Waals surface area contributed by atoms with E-state index in [2.05, 4.69) is 14.3 Å². The lowest BCUT2D eigenvalue weighted by molar-refractivity contribution is -0.447. The van der Waals surface area contributed by atoms with Crippen LogP contribution in [-0.2, 0) is 14.3 Å². The third-order valence-corrected chi connectivity index (χ3v) is 1.84. The van der Waals surface area contributed by atoms with Crippen molar-refractivity contribution in [1.29, 1.82) is 0 Å². The second-order valence-electron chi connectivity index (χ2n) is 2.06. The van der Waals surface area contributed by atoms with Gasteiger partial charge in [-0.15, -0.1) is 4.33 Å². The smallest absolute Gasteiger partial charge is 0.195 e. The Morgan fingerprint density at radius 2 is 1.86 bits per heavy atom. The lowest BCUT2D eigenvalue weighted by atomic mass is 10.3. The molecule has 0 aliphatic heterocycles. The predicted molar refractivity (Wildman–Crippen MR) is 41.4 cm³/mol. The lowest BCUT2D eigenvalue weighted by Crippen LogP contribution is -1.93. The van der Waals surface area contributed by atoms with Crippen LogP contribution >= 0.6 is 12.0 Å². The van der Waals surface area contributed by atoms with Gasteiger partial charge < -0.3 is 0 Å². The van der Waals surface area contributed by atoms with Gasteiger partial charge in [0.1, 0.15) is 0 Å². The summed E-state index contributed by atoms with van der Waals surface area (Å²) in [7, 11) is 1.17. The van der Waals surface area contributed by atoms with E-state index in [4.69, 9.17) is 0 Å². The van der Waals surface area contributed by atoms with Crippen LogP contribution in [0.1, 0.15) is 0 Å². The summed E-state index contributed by atoms with van der Waals surface area (Å²) in [5, 5.41) is 3.94. The summed E-state index contributed by atoms with van der Waals surface area (Å²) in [6.45, 7) is 0. The quantitative estimate of drug-likeness (QED) is 0.259. The highest BCUT2D eigenvalue weighted by Crippen LogP contribution is 2.25. The summed E-state index contributed by atoms with van der Waals surface area (Å²) in [4.78, 5) is 3.77. The SMILES string of the molecule is COOOSc1ccc(F)c(F)c1F. The molecule has 1 rings (SSSR count). The van der Waals surface area contributed by atoms with Crippen LogP contribution in [0.2, 0.25) is 0 Å². The topological polar surface area (TPSA) is 27.7 Å². The fraction of sp³-hybridized carbons (Fsp3) is 0.143. The Hall–Kier alpha value is -0.760. The van der Waals surface area contributed by atoms with Crippen molar-refractivity contribution in [2.45, 2.75) is 4.90 Å². The summed E-state index contributed by atoms with van der Waals surface area (Å²) in [5.74, 6) is -4.16. The van der Waals surface area contributed by atoms with E-state index in [0.717, 1.165) is 12.1 Å². The Kier molecular flexibility index (Phi) is 4.21. The highest BCUT2D eigenvalue weighted by Gasteiger charge is 2.14. The summed E-state index contributed by atoms with van der Waals surface area (Å²) in [6.07, 6.45) is 0. The van der Waals surface area contributed by atoms with Gasteiger partial charge in [0.05, 0.1) is 24.0 Å². The predicted octanol–water partition coefficient (Wildman–Crippen LogP) is 2.62. The van der Waals surface area contributed by atoms with Gasteiger partial charge in [0.15, 0.2) is 17.5 Å². The van der Waals surface area contributed by atoms with Gasteiger partial charge in [0, 0.05) is 0 Å². The molecular weight excluding hydrogens is 221 g/mol. The van der Waals surface area contributed by atoms with Gasteiger partial charge in [0.25, 0.3) is 0 Å². The minimum atomic E-state index is -1.56. The van der Waals surface area contributed by atoms with Gasteiger partial charge in [-0.2, -0.15) is 0 Å². The number of rotatable bonds is 4. The zero-order valence-electron chi connectivity index (χ0n) is 6.92. The molecule has 1 aromatic rings. The molecule has 0 radical (unpaired) electrons. The van der Waals surface area contributed by atoms with Crippen molar-refractivity contribution >= 4 is 12.0 Å². The molecule has 3 nitrogen and oxygen atoms in total. The Labute approximate surface area is 81.8 Å². The van der Waals surface area contributed by atoms with E-state index in [1.54, 1.807) is 0 Å². The highest BCUT2D eigenvalue weighted by molar-refractivity contribution is 7.94. The molecule has 78 valence electrons. The Bertz CT molecular complexity index is 321. The maximum absolute atomic E-state index is 12.9. The number of hydrogen-bond donors (Lipinski definition) is 0. The molecule has 0 saturated heterocycles. The largest absolute Gasteiger partial charge is 0.209 e. The number of halogens is 3. The van der Waals surface area contributed by atoms with Crippen LogP contribution < -0.4 is 0 Å². The molecule has 0 unspecified atom stereocenters. The van der Waals surface area contributed by atoms with Crippen LogP contribution in [0.5, 0.6) is 0 Å². The van der Waals surface area contributed by atoms with Gasteiger partial charge in [-0.05, 0) is 12.1 Å². The van der Waals surface area contributed by atoms with Crippen LogP contribution in [0, 0.1) is 17.5 Å². The lowest BCUT2D eigenvalue weighted by Gasteiger charge is -2.01. The highest BCUT2D eigenvalue weighted by atomic mass is 32.2. The molecule has 14 heavy (non-hydrogen) atoms. The van der Waals surface area contributed by atoms with Crippen molar-refractivity contribution < 1.29 is 27.4 Å². The van der Waals surface area contributed by atoms with Crippen LogP contribution in [0.25, 0.3) is 0 Å². The maximum atomic E-state index is 12.9. The van der Waals surface area contributed by atoms with E-state index in [1.165, 1.54) is 7.11 Å². The first kappa shape index (κ1) is 11.3. The van der Waals surface area contributed by atoms with Gasteiger partial charge in [0.2, 0.25) is 0 Å². The number of hydrogen-bond acceptors (Lipinski definition) is 4. The van der Waals surface area contributed by atoms with Gasteiger partial charge in [-0.1, -0.05) is 5.04 Å². The van der Waals surface area contributed by atoms with Crippen LogP contribution in [0.3, 0.4) is 0 Å². The maximum Gasteiger partial charge on any atom is 0.195 e. The normalized spacial score (nSPS) is 10.6. The molecule has 0 bridgehead atoms. The van der Waals surface area contributed by atoms with Crippen LogP contribution in [0.4, 0.5) is 13.2 Å². The van der Waals surface area contributed by atoms with E-state index in [1.807, 2.05) is 0 Å². The zero-order valence-corrected chi connectivity index (χ0v) is 7.74. The second kappa shape index (κ2) is 5.20. The molecule has 0 aromatic heterocycles. The van der Waals surface area contributed by atoms with Crippen molar-refractivity contribution in [1.82, 2.24) is 0 Å². The third-order valence-electron chi connectivity index (χ3n) is 1.22. The van der Waals surface area contributed by atoms with Crippen LogP contribution in [0.15, 0.2) is 17.0 Å². The van der Waals surface area contributed by atoms with Crippen molar-refractivity contribution in [3.8, 4) is 0 Å². The molecule has 0 aliphatic carbocycles. The molecule has 1 aromatic carbocycles. The fourth-order valence-corrected chi connectivity index (χ4v) is 1.09. The van der Waals surface area contributed by atoms with E-state index < -0.39 is 17.5 Å². The molecule has 0 N–H and O–H groups in total. The van der Waals surface area contributed by atoms with Gasteiger partial charge in [-0.25, -0.2) is 18.1 Å². The Balaban J connectivity index is 2.73. The zero-order chi connectivity index (χ0) is 10.6.